The highest BCUT2D eigenvalue weighted by Crippen LogP contribution is 2.07. The lowest BCUT2D eigenvalue weighted by atomic mass is 10.2. The number of anilines is 1. The van der Waals surface area contributed by atoms with Crippen molar-refractivity contribution in [3.05, 3.63) is 53.8 Å². The smallest absolute Gasteiger partial charge is 0.249 e. The first-order chi connectivity index (χ1) is 8.24. The summed E-state index contributed by atoms with van der Waals surface area (Å²) in [5.41, 5.74) is 0.971. The van der Waals surface area contributed by atoms with E-state index in [1.165, 1.54) is 6.08 Å². The normalized spacial score (nSPS) is 10.6. The number of nitrogens with one attached hydrogen (secondary N) is 1. The van der Waals surface area contributed by atoms with Crippen molar-refractivity contribution in [2.75, 3.05) is 5.32 Å². The third-order valence-corrected chi connectivity index (χ3v) is 2.11. The highest BCUT2D eigenvalue weighted by molar-refractivity contribution is 6.01. The molecule has 0 bridgehead atoms. The zero-order valence-corrected chi connectivity index (χ0v) is 9.38. The van der Waals surface area contributed by atoms with E-state index in [9.17, 15) is 4.79 Å². The number of nitrogens with zero attached hydrogens (tertiary/aromatic N) is 1. The number of benzene rings is 1. The molecule has 0 atom stereocenters. The van der Waals surface area contributed by atoms with Crippen molar-refractivity contribution in [3.63, 3.8) is 0 Å². The van der Waals surface area contributed by atoms with Crippen LogP contribution >= 0.6 is 0 Å². The van der Waals surface area contributed by atoms with Crippen molar-refractivity contribution < 1.29 is 9.32 Å². The average molecular weight is 228 g/mol. The van der Waals surface area contributed by atoms with Crippen LogP contribution in [0, 0.1) is 6.92 Å². The van der Waals surface area contributed by atoms with E-state index in [1.807, 2.05) is 30.3 Å². The summed E-state index contributed by atoms with van der Waals surface area (Å²) in [5, 5.41) is 6.27. The maximum atomic E-state index is 11.5. The Labute approximate surface area is 98.9 Å². The Balaban J connectivity index is 1.96. The molecule has 0 spiro atoms. The maximum Gasteiger partial charge on any atom is 0.249 e. The van der Waals surface area contributed by atoms with Gasteiger partial charge in [0.1, 0.15) is 5.76 Å². The van der Waals surface area contributed by atoms with Crippen LogP contribution in [0.5, 0.6) is 0 Å². The van der Waals surface area contributed by atoms with E-state index in [-0.39, 0.29) is 5.91 Å². The fourth-order valence-corrected chi connectivity index (χ4v) is 1.33. The number of amides is 1. The van der Waals surface area contributed by atoms with Gasteiger partial charge in [-0.3, -0.25) is 4.79 Å². The fraction of sp³-hybridized carbons (Fsp3) is 0.0769. The highest BCUT2D eigenvalue weighted by atomic mass is 16.5. The molecule has 2 rings (SSSR count). The monoisotopic (exact) mass is 228 g/mol. The SMILES string of the molecule is Cc1cc(NC(=O)/C=C/c2ccccc2)no1. The second-order valence-corrected chi connectivity index (χ2v) is 3.56. The van der Waals surface area contributed by atoms with Gasteiger partial charge in [-0.15, -0.1) is 0 Å². The first-order valence-electron chi connectivity index (χ1n) is 5.21. The van der Waals surface area contributed by atoms with Crippen LogP contribution < -0.4 is 5.32 Å². The summed E-state index contributed by atoms with van der Waals surface area (Å²) in [6.45, 7) is 1.77. The number of hydrogen-bond donors (Lipinski definition) is 1. The van der Waals surface area contributed by atoms with E-state index >= 15 is 0 Å². The molecule has 1 aromatic heterocycles. The molecule has 2 aromatic rings. The summed E-state index contributed by atoms with van der Waals surface area (Å²) in [6, 6.07) is 11.3. The van der Waals surface area contributed by atoms with Crippen LogP contribution in [-0.2, 0) is 4.79 Å². The maximum absolute atomic E-state index is 11.5. The topological polar surface area (TPSA) is 55.1 Å². The molecule has 17 heavy (non-hydrogen) atoms. The molecule has 1 N–H and O–H groups in total. The van der Waals surface area contributed by atoms with Crippen molar-refractivity contribution in [1.29, 1.82) is 0 Å². The molecule has 0 aliphatic carbocycles. The van der Waals surface area contributed by atoms with E-state index in [0.717, 1.165) is 5.56 Å². The molecule has 1 aromatic carbocycles. The molecule has 0 fully saturated rings. The molecule has 4 heteroatoms. The second kappa shape index (κ2) is 5.12. The number of carbonyl (C=O) groups excluding carboxylic acids is 1. The van der Waals surface area contributed by atoms with Crippen LogP contribution in [0.15, 0.2) is 47.0 Å². The molecule has 0 aliphatic heterocycles. The number of hydrogen-bond acceptors (Lipinski definition) is 3. The van der Waals surface area contributed by atoms with Gasteiger partial charge in [-0.2, -0.15) is 0 Å². The van der Waals surface area contributed by atoms with Gasteiger partial charge in [-0.25, -0.2) is 0 Å². The highest BCUT2D eigenvalue weighted by Gasteiger charge is 2.02. The predicted octanol–water partition coefficient (Wildman–Crippen LogP) is 2.63. The summed E-state index contributed by atoms with van der Waals surface area (Å²) in [5.74, 6) is 0.847. The number of carbonyl (C=O) groups is 1. The summed E-state index contributed by atoms with van der Waals surface area (Å²) < 4.78 is 4.84. The van der Waals surface area contributed by atoms with E-state index in [2.05, 4.69) is 10.5 Å². The molecule has 4 nitrogen and oxygen atoms in total. The van der Waals surface area contributed by atoms with Crippen molar-refractivity contribution >= 4 is 17.8 Å². The molecule has 0 saturated heterocycles. The molecule has 0 saturated carbocycles. The first-order valence-corrected chi connectivity index (χ1v) is 5.21. The lowest BCUT2D eigenvalue weighted by Gasteiger charge is -1.94. The van der Waals surface area contributed by atoms with Crippen LogP contribution in [0.4, 0.5) is 5.82 Å². The zero-order valence-electron chi connectivity index (χ0n) is 9.38. The Morgan fingerprint density at radius 1 is 1.35 bits per heavy atom. The van der Waals surface area contributed by atoms with Crippen LogP contribution in [-0.4, -0.2) is 11.1 Å². The van der Waals surface area contributed by atoms with E-state index in [4.69, 9.17) is 4.52 Å². The number of rotatable bonds is 3. The summed E-state index contributed by atoms with van der Waals surface area (Å²) in [4.78, 5) is 11.5. The third-order valence-electron chi connectivity index (χ3n) is 2.11. The molecular weight excluding hydrogens is 216 g/mol. The van der Waals surface area contributed by atoms with E-state index in [1.54, 1.807) is 19.1 Å². The Kier molecular flexibility index (Phi) is 3.35. The van der Waals surface area contributed by atoms with Gasteiger partial charge in [-0.05, 0) is 18.6 Å². The Hall–Kier alpha value is -2.36. The predicted molar refractivity (Wildman–Crippen MR) is 65.3 cm³/mol. The van der Waals surface area contributed by atoms with Gasteiger partial charge in [-0.1, -0.05) is 35.5 Å². The average Bonchev–Trinajstić information content (AvgIpc) is 2.73. The third kappa shape index (κ3) is 3.31. The molecule has 1 amide bonds. The Morgan fingerprint density at radius 2 is 2.12 bits per heavy atom. The second-order valence-electron chi connectivity index (χ2n) is 3.56. The van der Waals surface area contributed by atoms with E-state index < -0.39 is 0 Å². The van der Waals surface area contributed by atoms with Crippen LogP contribution in [0.2, 0.25) is 0 Å². The summed E-state index contributed by atoms with van der Waals surface area (Å²) in [7, 11) is 0. The molecular formula is C13H12N2O2. The minimum atomic E-state index is -0.234. The molecule has 0 aliphatic rings. The van der Waals surface area contributed by atoms with Gasteiger partial charge in [0.2, 0.25) is 5.91 Å². The van der Waals surface area contributed by atoms with Gasteiger partial charge in [0.25, 0.3) is 0 Å². The van der Waals surface area contributed by atoms with Crippen molar-refractivity contribution in [1.82, 2.24) is 5.16 Å². The summed E-state index contributed by atoms with van der Waals surface area (Å²) in [6.07, 6.45) is 3.20. The Bertz CT molecular complexity index is 529. The molecule has 1 heterocycles. The largest absolute Gasteiger partial charge is 0.360 e. The molecule has 86 valence electrons. The minimum absolute atomic E-state index is 0.234. The number of aromatic nitrogens is 1. The molecule has 0 unspecified atom stereocenters. The fourth-order valence-electron chi connectivity index (χ4n) is 1.33. The lowest BCUT2D eigenvalue weighted by molar-refractivity contribution is -0.111. The lowest BCUT2D eigenvalue weighted by Crippen LogP contribution is -2.07. The minimum Gasteiger partial charge on any atom is -0.360 e. The first kappa shape index (κ1) is 11.1. The van der Waals surface area contributed by atoms with Gasteiger partial charge in [0.15, 0.2) is 5.82 Å². The van der Waals surface area contributed by atoms with Crippen LogP contribution in [0.3, 0.4) is 0 Å². The quantitative estimate of drug-likeness (QED) is 0.821. The van der Waals surface area contributed by atoms with Gasteiger partial charge < -0.3 is 9.84 Å². The van der Waals surface area contributed by atoms with Gasteiger partial charge in [0.05, 0.1) is 0 Å². The van der Waals surface area contributed by atoms with E-state index in [0.29, 0.717) is 11.6 Å². The van der Waals surface area contributed by atoms with Crippen molar-refractivity contribution in [3.8, 4) is 0 Å². The van der Waals surface area contributed by atoms with Crippen LogP contribution in [0.1, 0.15) is 11.3 Å². The molecule has 0 radical (unpaired) electrons. The van der Waals surface area contributed by atoms with Crippen LogP contribution in [0.25, 0.3) is 6.08 Å². The zero-order chi connectivity index (χ0) is 12.1. The standard InChI is InChI=1S/C13H12N2O2/c1-10-9-12(15-17-10)14-13(16)8-7-11-5-3-2-4-6-11/h2-9H,1H3,(H,14,15,16)/b8-7+. The van der Waals surface area contributed by atoms with Gasteiger partial charge >= 0.3 is 0 Å². The Morgan fingerprint density at radius 3 is 2.76 bits per heavy atom. The van der Waals surface area contributed by atoms with Gasteiger partial charge in [0, 0.05) is 12.1 Å². The summed E-state index contributed by atoms with van der Waals surface area (Å²) >= 11 is 0. The van der Waals surface area contributed by atoms with Crippen molar-refractivity contribution in [2.45, 2.75) is 6.92 Å². The number of aryl methyl sites for hydroxylation is 1. The van der Waals surface area contributed by atoms with Crippen molar-refractivity contribution in [2.24, 2.45) is 0 Å².